The van der Waals surface area contributed by atoms with Crippen LogP contribution in [0.3, 0.4) is 0 Å². The predicted molar refractivity (Wildman–Crippen MR) is 106 cm³/mol. The molecule has 0 atom stereocenters. The first-order valence-corrected chi connectivity index (χ1v) is 10.2. The molecule has 1 aromatic heterocycles. The van der Waals surface area contributed by atoms with Crippen molar-refractivity contribution in [1.82, 2.24) is 4.98 Å². The Bertz CT molecular complexity index is 1030. The number of rotatable bonds is 8. The van der Waals surface area contributed by atoms with Crippen LogP contribution in [0.15, 0.2) is 62.9 Å². The van der Waals surface area contributed by atoms with Crippen molar-refractivity contribution < 1.29 is 22.3 Å². The maximum atomic E-state index is 13.1. The van der Waals surface area contributed by atoms with E-state index in [0.29, 0.717) is 29.5 Å². The number of aromatic nitrogens is 1. The van der Waals surface area contributed by atoms with Gasteiger partial charge in [-0.15, -0.1) is 0 Å². The van der Waals surface area contributed by atoms with E-state index in [0.717, 1.165) is 0 Å². The van der Waals surface area contributed by atoms with Crippen molar-refractivity contribution in [3.05, 3.63) is 53.6 Å². The number of methoxy groups -OCH3 is 2. The van der Waals surface area contributed by atoms with Crippen LogP contribution in [0.4, 0.5) is 5.88 Å². The van der Waals surface area contributed by atoms with Gasteiger partial charge in [-0.25, -0.2) is 8.42 Å². The minimum Gasteiger partial charge on any atom is -0.497 e. The molecule has 0 amide bonds. The highest BCUT2D eigenvalue weighted by Crippen LogP contribution is 2.33. The van der Waals surface area contributed by atoms with Gasteiger partial charge in [-0.1, -0.05) is 11.6 Å². The van der Waals surface area contributed by atoms with Gasteiger partial charge in [-0.05, 0) is 48.5 Å². The summed E-state index contributed by atoms with van der Waals surface area (Å²) in [4.78, 5) is 4.32. The van der Waals surface area contributed by atoms with Crippen molar-refractivity contribution in [2.45, 2.75) is 9.92 Å². The molecule has 1 heterocycles. The molecular formula is C19H19ClN2O5S. The molecule has 3 rings (SSSR count). The van der Waals surface area contributed by atoms with Gasteiger partial charge in [0.25, 0.3) is 0 Å². The normalized spacial score (nSPS) is 11.4. The highest BCUT2D eigenvalue weighted by Gasteiger charge is 2.28. The van der Waals surface area contributed by atoms with Gasteiger partial charge in [-0.2, -0.15) is 4.98 Å². The first-order chi connectivity index (χ1) is 13.5. The summed E-state index contributed by atoms with van der Waals surface area (Å²) in [5.74, 6) is 0.899. The smallest absolute Gasteiger partial charge is 0.233 e. The number of oxazole rings is 1. The topological polar surface area (TPSA) is 90.7 Å². The lowest BCUT2D eigenvalue weighted by Gasteiger charge is -2.05. The summed E-state index contributed by atoms with van der Waals surface area (Å²) >= 11 is 5.87. The molecule has 0 spiro atoms. The fourth-order valence-electron chi connectivity index (χ4n) is 2.45. The second-order valence-electron chi connectivity index (χ2n) is 5.76. The molecular weight excluding hydrogens is 404 g/mol. The molecule has 148 valence electrons. The number of hydrogen-bond acceptors (Lipinski definition) is 7. The average molecular weight is 423 g/mol. The van der Waals surface area contributed by atoms with Crippen LogP contribution in [0.5, 0.6) is 5.75 Å². The standard InChI is InChI=1S/C19H19ClN2O5S/c1-25-12-11-21-18-19(28(23,24)16-9-5-14(20)6-10-16)22-17(27-18)13-3-7-15(26-2)8-4-13/h3-10,21H,11-12H2,1-2H3. The zero-order valence-electron chi connectivity index (χ0n) is 15.3. The Balaban J connectivity index is 2.04. The Labute approximate surface area is 168 Å². The third-order valence-electron chi connectivity index (χ3n) is 3.90. The van der Waals surface area contributed by atoms with Gasteiger partial charge in [0.2, 0.25) is 26.6 Å². The lowest BCUT2D eigenvalue weighted by Crippen LogP contribution is -2.11. The Morgan fingerprint density at radius 3 is 2.36 bits per heavy atom. The molecule has 0 aliphatic carbocycles. The summed E-state index contributed by atoms with van der Waals surface area (Å²) in [6.45, 7) is 0.732. The van der Waals surface area contributed by atoms with Gasteiger partial charge < -0.3 is 19.2 Å². The summed E-state index contributed by atoms with van der Waals surface area (Å²) in [7, 11) is -0.799. The molecule has 0 bridgehead atoms. The molecule has 7 nitrogen and oxygen atoms in total. The monoisotopic (exact) mass is 422 g/mol. The van der Waals surface area contributed by atoms with E-state index in [-0.39, 0.29) is 21.7 Å². The fourth-order valence-corrected chi connectivity index (χ4v) is 3.85. The van der Waals surface area contributed by atoms with E-state index in [1.807, 2.05) is 0 Å². The third kappa shape index (κ3) is 4.30. The second-order valence-corrected chi connectivity index (χ2v) is 8.06. The first kappa shape index (κ1) is 20.2. The molecule has 2 aromatic carbocycles. The van der Waals surface area contributed by atoms with Crippen LogP contribution in [0, 0.1) is 0 Å². The molecule has 9 heteroatoms. The fraction of sp³-hybridized carbons (Fsp3) is 0.211. The summed E-state index contributed by atoms with van der Waals surface area (Å²) < 4.78 is 42.0. The number of benzene rings is 2. The molecule has 0 fully saturated rings. The van der Waals surface area contributed by atoms with Gasteiger partial charge in [0.05, 0.1) is 18.6 Å². The number of sulfone groups is 1. The van der Waals surface area contributed by atoms with Crippen molar-refractivity contribution in [2.24, 2.45) is 0 Å². The van der Waals surface area contributed by atoms with Gasteiger partial charge in [0.15, 0.2) is 0 Å². The number of nitrogens with one attached hydrogen (secondary N) is 1. The SMILES string of the molecule is COCCNc1oc(-c2ccc(OC)cc2)nc1S(=O)(=O)c1ccc(Cl)cc1. The van der Waals surface area contributed by atoms with Crippen molar-refractivity contribution >= 4 is 27.3 Å². The number of hydrogen-bond donors (Lipinski definition) is 1. The summed E-state index contributed by atoms with van der Waals surface area (Å²) in [5.41, 5.74) is 0.619. The van der Waals surface area contributed by atoms with Crippen molar-refractivity contribution in [1.29, 1.82) is 0 Å². The minimum atomic E-state index is -3.92. The minimum absolute atomic E-state index is 0.0535. The summed E-state index contributed by atoms with van der Waals surface area (Å²) in [6, 6.07) is 12.8. The second kappa shape index (κ2) is 8.64. The molecule has 0 saturated heterocycles. The predicted octanol–water partition coefficient (Wildman–Crippen LogP) is 3.89. The lowest BCUT2D eigenvalue weighted by atomic mass is 10.2. The van der Waals surface area contributed by atoms with E-state index >= 15 is 0 Å². The highest BCUT2D eigenvalue weighted by molar-refractivity contribution is 7.91. The van der Waals surface area contributed by atoms with E-state index < -0.39 is 9.84 Å². The third-order valence-corrected chi connectivity index (χ3v) is 5.83. The van der Waals surface area contributed by atoms with Gasteiger partial charge in [0, 0.05) is 24.2 Å². The van der Waals surface area contributed by atoms with E-state index in [9.17, 15) is 8.42 Å². The highest BCUT2D eigenvalue weighted by atomic mass is 35.5. The van der Waals surface area contributed by atoms with E-state index in [1.54, 1.807) is 38.5 Å². The quantitative estimate of drug-likeness (QED) is 0.550. The Kier molecular flexibility index (Phi) is 6.23. The molecule has 1 N–H and O–H groups in total. The van der Waals surface area contributed by atoms with Gasteiger partial charge in [0.1, 0.15) is 5.75 Å². The average Bonchev–Trinajstić information content (AvgIpc) is 3.14. The zero-order chi connectivity index (χ0) is 20.1. The Morgan fingerprint density at radius 2 is 1.75 bits per heavy atom. The molecule has 0 saturated carbocycles. The van der Waals surface area contributed by atoms with Crippen molar-refractivity contribution in [2.75, 3.05) is 32.7 Å². The number of ether oxygens (including phenoxy) is 2. The molecule has 0 radical (unpaired) electrons. The van der Waals surface area contributed by atoms with Crippen LogP contribution in [-0.2, 0) is 14.6 Å². The molecule has 0 unspecified atom stereocenters. The maximum Gasteiger partial charge on any atom is 0.233 e. The number of halogens is 1. The maximum absolute atomic E-state index is 13.1. The summed E-state index contributed by atoms with van der Waals surface area (Å²) in [5, 5.41) is 3.17. The van der Waals surface area contributed by atoms with E-state index in [2.05, 4.69) is 10.3 Å². The molecule has 0 aliphatic rings. The van der Waals surface area contributed by atoms with E-state index in [1.165, 1.54) is 24.3 Å². The van der Waals surface area contributed by atoms with Gasteiger partial charge in [-0.3, -0.25) is 0 Å². The van der Waals surface area contributed by atoms with Crippen LogP contribution in [0.25, 0.3) is 11.5 Å². The van der Waals surface area contributed by atoms with Crippen LogP contribution >= 0.6 is 11.6 Å². The van der Waals surface area contributed by atoms with Gasteiger partial charge >= 0.3 is 0 Å². The zero-order valence-corrected chi connectivity index (χ0v) is 16.9. The first-order valence-electron chi connectivity index (χ1n) is 8.34. The summed E-state index contributed by atoms with van der Waals surface area (Å²) in [6.07, 6.45) is 0. The Morgan fingerprint density at radius 1 is 1.07 bits per heavy atom. The van der Waals surface area contributed by atoms with Crippen LogP contribution in [0.2, 0.25) is 5.02 Å². The lowest BCUT2D eigenvalue weighted by molar-refractivity contribution is 0.210. The number of nitrogens with zero attached hydrogens (tertiary/aromatic N) is 1. The number of anilines is 1. The largest absolute Gasteiger partial charge is 0.497 e. The van der Waals surface area contributed by atoms with Crippen molar-refractivity contribution in [3.63, 3.8) is 0 Å². The Hall–Kier alpha value is -2.55. The van der Waals surface area contributed by atoms with Crippen LogP contribution in [-0.4, -0.2) is 40.8 Å². The van der Waals surface area contributed by atoms with E-state index in [4.69, 9.17) is 25.5 Å². The van der Waals surface area contributed by atoms with Crippen LogP contribution in [0.1, 0.15) is 0 Å². The van der Waals surface area contributed by atoms with Crippen molar-refractivity contribution in [3.8, 4) is 17.2 Å². The molecule has 0 aliphatic heterocycles. The van der Waals surface area contributed by atoms with Crippen LogP contribution < -0.4 is 10.1 Å². The molecule has 28 heavy (non-hydrogen) atoms. The molecule has 3 aromatic rings.